The molecule has 1 aliphatic rings. The van der Waals surface area contributed by atoms with Gasteiger partial charge in [-0.25, -0.2) is 5.01 Å². The average Bonchev–Trinajstić information content (AvgIpc) is 2.86. The largest absolute Gasteiger partial charge is 0.304 e. The third kappa shape index (κ3) is 2.76. The van der Waals surface area contributed by atoms with E-state index in [1.54, 1.807) is 11.1 Å². The number of carbonyl (C=O) groups excluding carboxylic acids is 1. The number of carbonyl (C=O) groups is 1. The minimum absolute atomic E-state index is 0.0178. The van der Waals surface area contributed by atoms with Crippen LogP contribution >= 0.6 is 11.8 Å². The minimum Gasteiger partial charge on any atom is -0.274 e. The third-order valence-electron chi connectivity index (χ3n) is 2.63. The highest BCUT2D eigenvalue weighted by atomic mass is 32.2. The van der Waals surface area contributed by atoms with Crippen LogP contribution in [0.25, 0.3) is 0 Å². The number of hydrazine groups is 1. The molecule has 1 aliphatic heterocycles. The first-order valence-corrected chi connectivity index (χ1v) is 6.78. The molecule has 0 spiro atoms. The first-order chi connectivity index (χ1) is 8.72. The summed E-state index contributed by atoms with van der Waals surface area (Å²) in [6, 6.07) is 8.15. The van der Waals surface area contributed by atoms with Gasteiger partial charge in [-0.15, -0.1) is 6.58 Å². The van der Waals surface area contributed by atoms with Crippen molar-refractivity contribution in [3.05, 3.63) is 54.8 Å². The summed E-state index contributed by atoms with van der Waals surface area (Å²) >= 11 is 1.25. The van der Waals surface area contributed by atoms with Gasteiger partial charge in [-0.1, -0.05) is 35.5 Å². The molecule has 0 aliphatic carbocycles. The monoisotopic (exact) mass is 260 g/mol. The molecule has 2 rings (SSSR count). The number of benzene rings is 1. The zero-order valence-corrected chi connectivity index (χ0v) is 11.2. The van der Waals surface area contributed by atoms with Gasteiger partial charge in [0.1, 0.15) is 0 Å². The van der Waals surface area contributed by atoms with Gasteiger partial charge in [-0.2, -0.15) is 0 Å². The molecule has 0 N–H and O–H groups in total. The van der Waals surface area contributed by atoms with Gasteiger partial charge < -0.3 is 0 Å². The molecule has 0 saturated carbocycles. The van der Waals surface area contributed by atoms with E-state index >= 15 is 0 Å². The van der Waals surface area contributed by atoms with E-state index in [9.17, 15) is 4.79 Å². The summed E-state index contributed by atoms with van der Waals surface area (Å²) in [5.41, 5.74) is 2.24. The molecule has 3 nitrogen and oxygen atoms in total. The fourth-order valence-corrected chi connectivity index (χ4v) is 2.27. The van der Waals surface area contributed by atoms with E-state index in [-0.39, 0.29) is 5.24 Å². The summed E-state index contributed by atoms with van der Waals surface area (Å²) in [6.45, 7) is 6.40. The van der Waals surface area contributed by atoms with Gasteiger partial charge in [0.05, 0.1) is 12.2 Å². The Bertz CT molecular complexity index is 467. The molecule has 18 heavy (non-hydrogen) atoms. The molecular weight excluding hydrogens is 244 g/mol. The van der Waals surface area contributed by atoms with Crippen LogP contribution < -0.4 is 5.01 Å². The number of amides is 1. The Morgan fingerprint density at radius 3 is 2.83 bits per heavy atom. The Morgan fingerprint density at radius 2 is 2.17 bits per heavy atom. The Balaban J connectivity index is 2.11. The Kier molecular flexibility index (Phi) is 4.10. The number of hydrogen-bond acceptors (Lipinski definition) is 3. The van der Waals surface area contributed by atoms with Gasteiger partial charge in [-0.3, -0.25) is 9.80 Å². The summed E-state index contributed by atoms with van der Waals surface area (Å²) in [5, 5.41) is 3.63. The van der Waals surface area contributed by atoms with Gasteiger partial charge in [0.25, 0.3) is 0 Å². The SMILES string of the molecule is C=CCSC(=O)N1C=CCN1c1ccc(C)cc1. The van der Waals surface area contributed by atoms with E-state index in [0.29, 0.717) is 5.75 Å². The van der Waals surface area contributed by atoms with Crippen molar-refractivity contribution in [2.75, 3.05) is 17.3 Å². The molecule has 0 bridgehead atoms. The molecule has 1 aromatic rings. The second-order valence-electron chi connectivity index (χ2n) is 4.01. The van der Waals surface area contributed by atoms with E-state index in [1.807, 2.05) is 41.6 Å². The zero-order valence-electron chi connectivity index (χ0n) is 10.4. The number of nitrogens with zero attached hydrogens (tertiary/aromatic N) is 2. The molecule has 0 unspecified atom stereocenters. The third-order valence-corrected chi connectivity index (χ3v) is 3.47. The van der Waals surface area contributed by atoms with Gasteiger partial charge >= 0.3 is 5.24 Å². The normalized spacial score (nSPS) is 14.1. The van der Waals surface area contributed by atoms with Crippen molar-refractivity contribution < 1.29 is 4.79 Å². The maximum atomic E-state index is 12.0. The van der Waals surface area contributed by atoms with E-state index in [1.165, 1.54) is 17.3 Å². The van der Waals surface area contributed by atoms with Crippen molar-refractivity contribution in [3.63, 3.8) is 0 Å². The molecule has 0 fully saturated rings. The molecular formula is C14H16N2OS. The van der Waals surface area contributed by atoms with Crippen LogP contribution in [0.4, 0.5) is 10.5 Å². The van der Waals surface area contributed by atoms with Crippen LogP contribution in [0.2, 0.25) is 0 Å². The van der Waals surface area contributed by atoms with Crippen LogP contribution in [0.1, 0.15) is 5.56 Å². The van der Waals surface area contributed by atoms with Crippen LogP contribution in [-0.2, 0) is 0 Å². The fraction of sp³-hybridized carbons (Fsp3) is 0.214. The lowest BCUT2D eigenvalue weighted by atomic mass is 10.2. The van der Waals surface area contributed by atoms with Crippen molar-refractivity contribution >= 4 is 22.7 Å². The number of hydrogen-bond donors (Lipinski definition) is 0. The lowest BCUT2D eigenvalue weighted by molar-refractivity contribution is 0.239. The molecule has 0 saturated heterocycles. The molecule has 0 aromatic heterocycles. The minimum atomic E-state index is 0.0178. The van der Waals surface area contributed by atoms with E-state index in [0.717, 1.165) is 12.2 Å². The number of thioether (sulfide) groups is 1. The first-order valence-electron chi connectivity index (χ1n) is 5.80. The topological polar surface area (TPSA) is 23.6 Å². The van der Waals surface area contributed by atoms with Crippen molar-refractivity contribution in [3.8, 4) is 0 Å². The number of rotatable bonds is 3. The quantitative estimate of drug-likeness (QED) is 0.776. The smallest absolute Gasteiger partial charge is 0.274 e. The summed E-state index contributed by atoms with van der Waals surface area (Å²) in [4.78, 5) is 12.0. The summed E-state index contributed by atoms with van der Waals surface area (Å²) in [6.07, 6.45) is 5.53. The molecule has 1 aromatic carbocycles. The highest BCUT2D eigenvalue weighted by Crippen LogP contribution is 2.24. The van der Waals surface area contributed by atoms with Gasteiger partial charge in [0.2, 0.25) is 0 Å². The van der Waals surface area contributed by atoms with Crippen LogP contribution in [0, 0.1) is 6.92 Å². The summed E-state index contributed by atoms with van der Waals surface area (Å²) < 4.78 is 0. The molecule has 94 valence electrons. The second-order valence-corrected chi connectivity index (χ2v) is 4.98. The lowest BCUT2D eigenvalue weighted by Gasteiger charge is -2.28. The van der Waals surface area contributed by atoms with Gasteiger partial charge in [0, 0.05) is 12.0 Å². The Morgan fingerprint density at radius 1 is 1.44 bits per heavy atom. The maximum absolute atomic E-state index is 12.0. The van der Waals surface area contributed by atoms with Crippen molar-refractivity contribution in [2.24, 2.45) is 0 Å². The zero-order chi connectivity index (χ0) is 13.0. The fourth-order valence-electron chi connectivity index (χ4n) is 1.72. The predicted molar refractivity (Wildman–Crippen MR) is 77.6 cm³/mol. The van der Waals surface area contributed by atoms with Crippen LogP contribution in [-0.4, -0.2) is 22.5 Å². The first kappa shape index (κ1) is 12.8. The lowest BCUT2D eigenvalue weighted by Crippen LogP contribution is -2.37. The molecule has 1 amide bonds. The molecule has 1 heterocycles. The number of aryl methyl sites for hydroxylation is 1. The molecule has 0 atom stereocenters. The highest BCUT2D eigenvalue weighted by molar-refractivity contribution is 8.13. The van der Waals surface area contributed by atoms with Gasteiger partial charge in [-0.05, 0) is 25.1 Å². The molecule has 4 heteroatoms. The average molecular weight is 260 g/mol. The van der Waals surface area contributed by atoms with E-state index < -0.39 is 0 Å². The van der Waals surface area contributed by atoms with Crippen molar-refractivity contribution in [1.29, 1.82) is 0 Å². The summed E-state index contributed by atoms with van der Waals surface area (Å²) in [5.74, 6) is 0.630. The van der Waals surface area contributed by atoms with Crippen molar-refractivity contribution in [2.45, 2.75) is 6.92 Å². The van der Waals surface area contributed by atoms with Crippen LogP contribution in [0.5, 0.6) is 0 Å². The predicted octanol–water partition coefficient (Wildman–Crippen LogP) is 3.58. The second kappa shape index (κ2) is 5.78. The molecule has 0 radical (unpaired) electrons. The Labute approximate surface area is 112 Å². The maximum Gasteiger partial charge on any atom is 0.304 e. The van der Waals surface area contributed by atoms with Crippen molar-refractivity contribution in [1.82, 2.24) is 5.01 Å². The Hall–Kier alpha value is -1.68. The van der Waals surface area contributed by atoms with Gasteiger partial charge in [0.15, 0.2) is 0 Å². The van der Waals surface area contributed by atoms with Crippen LogP contribution in [0.3, 0.4) is 0 Å². The van der Waals surface area contributed by atoms with Crippen LogP contribution in [0.15, 0.2) is 49.2 Å². The standard InChI is InChI=1S/C14H16N2OS/c1-3-11-18-14(17)16-10-4-9-15(16)13-7-5-12(2)6-8-13/h3-8,10H,1,9,11H2,2H3. The van der Waals surface area contributed by atoms with E-state index in [4.69, 9.17) is 0 Å². The number of anilines is 1. The summed E-state index contributed by atoms with van der Waals surface area (Å²) in [7, 11) is 0. The highest BCUT2D eigenvalue weighted by Gasteiger charge is 2.22. The van der Waals surface area contributed by atoms with E-state index in [2.05, 4.69) is 13.5 Å².